The van der Waals surface area contributed by atoms with E-state index in [0.717, 1.165) is 11.9 Å². The summed E-state index contributed by atoms with van der Waals surface area (Å²) in [5.74, 6) is 0. The molecular weight excluding hydrogens is 228 g/mol. The molecule has 0 aliphatic rings. The molecule has 2 nitrogen and oxygen atoms in total. The molecule has 0 aromatic heterocycles. The zero-order valence-electron chi connectivity index (χ0n) is 9.60. The summed E-state index contributed by atoms with van der Waals surface area (Å²) >= 11 is 3.54. The maximum absolute atomic E-state index is 3.54. The highest BCUT2D eigenvalue weighted by Crippen LogP contribution is 2.14. The summed E-state index contributed by atoms with van der Waals surface area (Å²) in [6.45, 7) is 6.86. The first-order valence-corrected chi connectivity index (χ1v) is 5.94. The SMILES string of the molecule is CN(C)CCCN(C)C(C)(C)CBr. The molecule has 0 fully saturated rings. The van der Waals surface area contributed by atoms with E-state index in [-0.39, 0.29) is 5.54 Å². The smallest absolute Gasteiger partial charge is 0.0246 e. The van der Waals surface area contributed by atoms with Gasteiger partial charge in [0.25, 0.3) is 0 Å². The standard InChI is InChI=1S/C10H23BrN2/c1-10(2,9-11)13(5)8-6-7-12(3)4/h6-9H2,1-5H3. The molecule has 0 saturated carbocycles. The fraction of sp³-hybridized carbons (Fsp3) is 1.00. The van der Waals surface area contributed by atoms with E-state index in [2.05, 4.69) is 60.7 Å². The Kier molecular flexibility index (Phi) is 6.18. The minimum atomic E-state index is 0.270. The Balaban J connectivity index is 3.68. The highest BCUT2D eigenvalue weighted by atomic mass is 79.9. The van der Waals surface area contributed by atoms with E-state index in [1.807, 2.05) is 0 Å². The van der Waals surface area contributed by atoms with E-state index in [9.17, 15) is 0 Å². The summed E-state index contributed by atoms with van der Waals surface area (Å²) in [6, 6.07) is 0. The third-order valence-electron chi connectivity index (χ3n) is 2.46. The molecule has 0 saturated heterocycles. The molecule has 0 aromatic carbocycles. The van der Waals surface area contributed by atoms with Gasteiger partial charge < -0.3 is 9.80 Å². The average molecular weight is 251 g/mol. The predicted octanol–water partition coefficient (Wildman–Crippen LogP) is 2.04. The Labute approximate surface area is 91.4 Å². The number of hydrogen-bond acceptors (Lipinski definition) is 2. The molecule has 0 heterocycles. The summed E-state index contributed by atoms with van der Waals surface area (Å²) in [6.07, 6.45) is 1.24. The van der Waals surface area contributed by atoms with Gasteiger partial charge in [-0.05, 0) is 54.5 Å². The Morgan fingerprint density at radius 3 is 2.00 bits per heavy atom. The first kappa shape index (κ1) is 13.4. The Hall–Kier alpha value is 0.400. The quantitative estimate of drug-likeness (QED) is 0.666. The van der Waals surface area contributed by atoms with Crippen molar-refractivity contribution >= 4 is 15.9 Å². The van der Waals surface area contributed by atoms with E-state index >= 15 is 0 Å². The first-order chi connectivity index (χ1) is 5.90. The topological polar surface area (TPSA) is 6.48 Å². The summed E-state index contributed by atoms with van der Waals surface area (Å²) < 4.78 is 0. The van der Waals surface area contributed by atoms with Crippen LogP contribution in [0.5, 0.6) is 0 Å². The van der Waals surface area contributed by atoms with Crippen LogP contribution in [0.3, 0.4) is 0 Å². The Bertz CT molecular complexity index is 135. The van der Waals surface area contributed by atoms with Gasteiger partial charge in [0, 0.05) is 10.9 Å². The van der Waals surface area contributed by atoms with Crippen LogP contribution in [-0.2, 0) is 0 Å². The molecule has 0 aliphatic carbocycles. The predicted molar refractivity (Wildman–Crippen MR) is 63.7 cm³/mol. The molecule has 0 N–H and O–H groups in total. The van der Waals surface area contributed by atoms with Gasteiger partial charge in [-0.3, -0.25) is 0 Å². The van der Waals surface area contributed by atoms with Gasteiger partial charge in [-0.15, -0.1) is 0 Å². The van der Waals surface area contributed by atoms with Crippen LogP contribution < -0.4 is 0 Å². The van der Waals surface area contributed by atoms with Crippen molar-refractivity contribution in [3.8, 4) is 0 Å². The summed E-state index contributed by atoms with van der Waals surface area (Å²) in [7, 11) is 6.43. The van der Waals surface area contributed by atoms with Crippen LogP contribution in [0.2, 0.25) is 0 Å². The molecular formula is C10H23BrN2. The second kappa shape index (κ2) is 5.99. The monoisotopic (exact) mass is 250 g/mol. The minimum absolute atomic E-state index is 0.270. The first-order valence-electron chi connectivity index (χ1n) is 4.82. The Morgan fingerprint density at radius 2 is 1.62 bits per heavy atom. The van der Waals surface area contributed by atoms with Gasteiger partial charge >= 0.3 is 0 Å². The molecule has 0 aromatic rings. The van der Waals surface area contributed by atoms with Crippen molar-refractivity contribution in [2.24, 2.45) is 0 Å². The van der Waals surface area contributed by atoms with Crippen LogP contribution in [0.4, 0.5) is 0 Å². The maximum atomic E-state index is 3.54. The molecule has 3 heteroatoms. The van der Waals surface area contributed by atoms with Crippen molar-refractivity contribution in [3.05, 3.63) is 0 Å². The fourth-order valence-corrected chi connectivity index (χ4v) is 1.46. The van der Waals surface area contributed by atoms with Gasteiger partial charge in [-0.1, -0.05) is 15.9 Å². The van der Waals surface area contributed by atoms with Gasteiger partial charge in [-0.2, -0.15) is 0 Å². The molecule has 0 amide bonds. The van der Waals surface area contributed by atoms with Crippen LogP contribution in [-0.4, -0.2) is 54.9 Å². The van der Waals surface area contributed by atoms with Gasteiger partial charge in [-0.25, -0.2) is 0 Å². The largest absolute Gasteiger partial charge is 0.309 e. The van der Waals surface area contributed by atoms with Crippen molar-refractivity contribution in [1.82, 2.24) is 9.80 Å². The molecule has 0 spiro atoms. The normalized spacial score (nSPS) is 12.9. The second-order valence-electron chi connectivity index (χ2n) is 4.52. The number of rotatable bonds is 6. The lowest BCUT2D eigenvalue weighted by Gasteiger charge is -2.34. The number of hydrogen-bond donors (Lipinski definition) is 0. The van der Waals surface area contributed by atoms with Crippen LogP contribution in [0.25, 0.3) is 0 Å². The fourth-order valence-electron chi connectivity index (χ4n) is 1.03. The van der Waals surface area contributed by atoms with E-state index < -0.39 is 0 Å². The second-order valence-corrected chi connectivity index (χ2v) is 5.09. The zero-order chi connectivity index (χ0) is 10.5. The summed E-state index contributed by atoms with van der Waals surface area (Å²) in [4.78, 5) is 4.64. The third-order valence-corrected chi connectivity index (χ3v) is 3.83. The lowest BCUT2D eigenvalue weighted by Crippen LogP contribution is -2.43. The van der Waals surface area contributed by atoms with E-state index in [4.69, 9.17) is 0 Å². The van der Waals surface area contributed by atoms with Crippen molar-refractivity contribution in [3.63, 3.8) is 0 Å². The molecule has 0 atom stereocenters. The van der Waals surface area contributed by atoms with Gasteiger partial charge in [0.1, 0.15) is 0 Å². The lowest BCUT2D eigenvalue weighted by molar-refractivity contribution is 0.174. The number of nitrogens with zero attached hydrogens (tertiary/aromatic N) is 2. The van der Waals surface area contributed by atoms with E-state index in [1.54, 1.807) is 0 Å². The highest BCUT2D eigenvalue weighted by Gasteiger charge is 2.20. The minimum Gasteiger partial charge on any atom is -0.309 e. The van der Waals surface area contributed by atoms with Crippen LogP contribution >= 0.6 is 15.9 Å². The van der Waals surface area contributed by atoms with Crippen molar-refractivity contribution in [2.75, 3.05) is 39.6 Å². The number of halogens is 1. The summed E-state index contributed by atoms with van der Waals surface area (Å²) in [5, 5.41) is 1.03. The van der Waals surface area contributed by atoms with E-state index in [1.165, 1.54) is 13.0 Å². The van der Waals surface area contributed by atoms with Crippen LogP contribution in [0, 0.1) is 0 Å². The zero-order valence-corrected chi connectivity index (χ0v) is 11.2. The van der Waals surface area contributed by atoms with Crippen molar-refractivity contribution < 1.29 is 0 Å². The maximum Gasteiger partial charge on any atom is 0.0246 e. The average Bonchev–Trinajstić information content (AvgIpc) is 2.03. The molecule has 13 heavy (non-hydrogen) atoms. The van der Waals surface area contributed by atoms with Gasteiger partial charge in [0.05, 0.1) is 0 Å². The third kappa shape index (κ3) is 5.66. The van der Waals surface area contributed by atoms with Crippen molar-refractivity contribution in [1.29, 1.82) is 0 Å². The van der Waals surface area contributed by atoms with Crippen LogP contribution in [0.1, 0.15) is 20.3 Å². The molecule has 0 bridgehead atoms. The van der Waals surface area contributed by atoms with E-state index in [0.29, 0.717) is 0 Å². The lowest BCUT2D eigenvalue weighted by atomic mass is 10.1. The highest BCUT2D eigenvalue weighted by molar-refractivity contribution is 9.09. The van der Waals surface area contributed by atoms with Gasteiger partial charge in [0.15, 0.2) is 0 Å². The van der Waals surface area contributed by atoms with Crippen LogP contribution in [0.15, 0.2) is 0 Å². The van der Waals surface area contributed by atoms with Gasteiger partial charge in [0.2, 0.25) is 0 Å². The molecule has 0 rings (SSSR count). The Morgan fingerprint density at radius 1 is 1.08 bits per heavy atom. The van der Waals surface area contributed by atoms with Crippen molar-refractivity contribution in [2.45, 2.75) is 25.8 Å². The summed E-state index contributed by atoms with van der Waals surface area (Å²) in [5.41, 5.74) is 0.270. The number of alkyl halides is 1. The molecule has 0 unspecified atom stereocenters. The molecule has 0 aliphatic heterocycles. The molecule has 0 radical (unpaired) electrons. The molecule has 80 valence electrons.